The molecule has 0 spiro atoms. The summed E-state index contributed by atoms with van der Waals surface area (Å²) in [5.41, 5.74) is 5.14. The van der Waals surface area contributed by atoms with Crippen LogP contribution < -0.4 is 21.4 Å². The molecule has 2 atom stereocenters. The van der Waals surface area contributed by atoms with Crippen LogP contribution in [-0.4, -0.2) is 53.8 Å². The van der Waals surface area contributed by atoms with Crippen LogP contribution in [0.5, 0.6) is 0 Å². The maximum atomic E-state index is 13.0. The zero-order valence-electron chi connectivity index (χ0n) is 22.0. The van der Waals surface area contributed by atoms with Gasteiger partial charge in [-0.2, -0.15) is 0 Å². The van der Waals surface area contributed by atoms with Crippen LogP contribution >= 0.6 is 0 Å². The Morgan fingerprint density at radius 3 is 1.92 bits per heavy atom. The average Bonchev–Trinajstić information content (AvgIpc) is 3.24. The Morgan fingerprint density at radius 1 is 0.821 bits per heavy atom. The third-order valence-corrected chi connectivity index (χ3v) is 6.79. The highest BCUT2D eigenvalue weighted by molar-refractivity contribution is 6.58. The molecule has 9 nitrogen and oxygen atoms in total. The normalized spacial score (nSPS) is 13.6. The molecule has 1 aliphatic carbocycles. The Bertz CT molecular complexity index is 1300. The van der Waals surface area contributed by atoms with Gasteiger partial charge in [0.2, 0.25) is 11.8 Å². The molecule has 39 heavy (non-hydrogen) atoms. The fraction of sp³-hybridized carbons (Fsp3) is 0.276. The molecule has 0 bridgehead atoms. The van der Waals surface area contributed by atoms with Crippen LogP contribution in [0, 0.1) is 5.92 Å². The molecular formula is C29H32BN3O6. The zero-order valence-corrected chi connectivity index (χ0v) is 22.0. The van der Waals surface area contributed by atoms with Gasteiger partial charge in [-0.1, -0.05) is 74.5 Å². The first-order valence-electron chi connectivity index (χ1n) is 12.8. The summed E-state index contributed by atoms with van der Waals surface area (Å²) in [6, 6.07) is 20.2. The molecule has 0 saturated heterocycles. The Kier molecular flexibility index (Phi) is 8.68. The second-order valence-corrected chi connectivity index (χ2v) is 9.91. The molecule has 0 unspecified atom stereocenters. The lowest BCUT2D eigenvalue weighted by Gasteiger charge is -2.24. The molecule has 0 aromatic heterocycles. The van der Waals surface area contributed by atoms with E-state index in [9.17, 15) is 24.4 Å². The van der Waals surface area contributed by atoms with Gasteiger partial charge in [0, 0.05) is 11.6 Å². The van der Waals surface area contributed by atoms with Crippen molar-refractivity contribution in [3.8, 4) is 11.1 Å². The molecule has 0 aliphatic heterocycles. The molecule has 1 aliphatic rings. The minimum absolute atomic E-state index is 0.104. The predicted molar refractivity (Wildman–Crippen MR) is 149 cm³/mol. The zero-order chi connectivity index (χ0) is 28.1. The van der Waals surface area contributed by atoms with Crippen LogP contribution in [0.3, 0.4) is 0 Å². The Balaban J connectivity index is 1.33. The van der Waals surface area contributed by atoms with Crippen molar-refractivity contribution in [3.05, 3.63) is 83.9 Å². The van der Waals surface area contributed by atoms with E-state index >= 15 is 0 Å². The number of carbonyl (C=O) groups excluding carboxylic acids is 3. The number of carbonyl (C=O) groups is 3. The summed E-state index contributed by atoms with van der Waals surface area (Å²) in [6.07, 6.45) is -0.714. The van der Waals surface area contributed by atoms with Crippen molar-refractivity contribution in [1.29, 1.82) is 0 Å². The van der Waals surface area contributed by atoms with E-state index in [-0.39, 0.29) is 23.9 Å². The van der Waals surface area contributed by atoms with Crippen LogP contribution in [0.4, 0.5) is 10.5 Å². The van der Waals surface area contributed by atoms with E-state index in [0.717, 1.165) is 22.3 Å². The lowest BCUT2D eigenvalue weighted by Crippen LogP contribution is -2.53. The minimum Gasteiger partial charge on any atom is -0.449 e. The first-order valence-corrected chi connectivity index (χ1v) is 12.8. The van der Waals surface area contributed by atoms with Gasteiger partial charge in [0.1, 0.15) is 18.7 Å². The minimum atomic E-state index is -1.61. The number of hydrogen-bond donors (Lipinski definition) is 5. The summed E-state index contributed by atoms with van der Waals surface area (Å²) in [5, 5.41) is 26.3. The van der Waals surface area contributed by atoms with Crippen LogP contribution in [0.25, 0.3) is 11.1 Å². The van der Waals surface area contributed by atoms with E-state index in [0.29, 0.717) is 5.69 Å². The van der Waals surface area contributed by atoms with Gasteiger partial charge in [-0.15, -0.1) is 0 Å². The van der Waals surface area contributed by atoms with E-state index in [4.69, 9.17) is 4.74 Å². The molecule has 0 fully saturated rings. The van der Waals surface area contributed by atoms with Gasteiger partial charge >= 0.3 is 13.2 Å². The predicted octanol–water partition coefficient (Wildman–Crippen LogP) is 2.37. The van der Waals surface area contributed by atoms with Crippen LogP contribution in [0.1, 0.15) is 37.8 Å². The maximum Gasteiger partial charge on any atom is 0.488 e. The highest BCUT2D eigenvalue weighted by Gasteiger charge is 2.31. The van der Waals surface area contributed by atoms with Gasteiger partial charge in [-0.05, 0) is 52.7 Å². The molecule has 3 aromatic rings. The Hall–Kier alpha value is -4.15. The number of benzene rings is 3. The van der Waals surface area contributed by atoms with Gasteiger partial charge in [-0.3, -0.25) is 9.59 Å². The van der Waals surface area contributed by atoms with Crippen molar-refractivity contribution in [3.63, 3.8) is 0 Å². The van der Waals surface area contributed by atoms with Crippen LogP contribution in [0.15, 0.2) is 72.8 Å². The number of hydrogen-bond acceptors (Lipinski definition) is 6. The van der Waals surface area contributed by atoms with Crippen molar-refractivity contribution in [2.45, 2.75) is 38.8 Å². The second-order valence-electron chi connectivity index (χ2n) is 9.91. The summed E-state index contributed by atoms with van der Waals surface area (Å²) in [7, 11) is -1.61. The van der Waals surface area contributed by atoms with Gasteiger partial charge in [0.15, 0.2) is 0 Å². The van der Waals surface area contributed by atoms with E-state index in [1.807, 2.05) is 36.4 Å². The second kappa shape index (κ2) is 12.1. The van der Waals surface area contributed by atoms with Gasteiger partial charge in [0.05, 0.1) is 0 Å². The molecule has 202 valence electrons. The first kappa shape index (κ1) is 27.9. The van der Waals surface area contributed by atoms with Crippen molar-refractivity contribution < 1.29 is 29.2 Å². The van der Waals surface area contributed by atoms with E-state index < -0.39 is 37.1 Å². The van der Waals surface area contributed by atoms with Crippen LogP contribution in [0.2, 0.25) is 0 Å². The molecule has 10 heteroatoms. The van der Waals surface area contributed by atoms with Gasteiger partial charge in [0.25, 0.3) is 0 Å². The molecule has 0 radical (unpaired) electrons. The van der Waals surface area contributed by atoms with Crippen molar-refractivity contribution in [2.75, 3.05) is 11.9 Å². The molecule has 3 aromatic carbocycles. The fourth-order valence-electron chi connectivity index (χ4n) is 4.66. The molecule has 0 saturated carbocycles. The van der Waals surface area contributed by atoms with E-state index in [1.165, 1.54) is 31.2 Å². The molecular weight excluding hydrogens is 497 g/mol. The number of anilines is 1. The number of alkyl carbamates (subject to hydrolysis) is 1. The average molecular weight is 529 g/mol. The third kappa shape index (κ3) is 6.47. The summed E-state index contributed by atoms with van der Waals surface area (Å²) >= 11 is 0. The standard InChI is InChI=1S/C29H32BN3O6/c1-17(2)26(28(35)31-18(3)27(34)32-20-14-12-19(13-15-20)30(37)38)33-29(36)39-16-25-23-10-6-4-8-21(23)22-9-5-7-11-24(22)25/h4-15,17-18,25-26,37-38H,16H2,1-3H3,(H,31,35)(H,32,34)(H,33,36)/t18-,26-/m0/s1. The number of ether oxygens (including phenoxy) is 1. The molecule has 4 rings (SSSR count). The number of rotatable bonds is 9. The van der Waals surface area contributed by atoms with Crippen molar-refractivity contribution in [1.82, 2.24) is 10.6 Å². The third-order valence-electron chi connectivity index (χ3n) is 6.79. The van der Waals surface area contributed by atoms with Gasteiger partial charge in [-0.25, -0.2) is 4.79 Å². The monoisotopic (exact) mass is 529 g/mol. The number of nitrogens with one attached hydrogen (secondary N) is 3. The van der Waals surface area contributed by atoms with E-state index in [1.54, 1.807) is 13.8 Å². The van der Waals surface area contributed by atoms with Gasteiger partial charge < -0.3 is 30.7 Å². The Morgan fingerprint density at radius 2 is 1.38 bits per heavy atom. The van der Waals surface area contributed by atoms with Crippen LogP contribution in [-0.2, 0) is 14.3 Å². The number of fused-ring (bicyclic) bond motifs is 3. The van der Waals surface area contributed by atoms with Crippen molar-refractivity contribution >= 4 is 36.2 Å². The first-order chi connectivity index (χ1) is 18.7. The highest BCUT2D eigenvalue weighted by atomic mass is 16.5. The topological polar surface area (TPSA) is 137 Å². The smallest absolute Gasteiger partial charge is 0.449 e. The summed E-state index contributed by atoms with van der Waals surface area (Å²) in [6.45, 7) is 5.23. The number of amides is 3. The summed E-state index contributed by atoms with van der Waals surface area (Å²) in [5.74, 6) is -1.35. The lowest BCUT2D eigenvalue weighted by atomic mass is 9.80. The molecule has 5 N–H and O–H groups in total. The summed E-state index contributed by atoms with van der Waals surface area (Å²) < 4.78 is 5.58. The molecule has 0 heterocycles. The largest absolute Gasteiger partial charge is 0.488 e. The van der Waals surface area contributed by atoms with Crippen molar-refractivity contribution in [2.24, 2.45) is 5.92 Å². The Labute approximate surface area is 227 Å². The van der Waals surface area contributed by atoms with E-state index in [2.05, 4.69) is 28.1 Å². The highest BCUT2D eigenvalue weighted by Crippen LogP contribution is 2.44. The maximum absolute atomic E-state index is 13.0. The lowest BCUT2D eigenvalue weighted by molar-refractivity contribution is -0.128. The SMILES string of the molecule is CC(C)[C@H](NC(=O)OCC1c2ccccc2-c2ccccc21)C(=O)N[C@@H](C)C(=O)Nc1ccc(B(O)O)cc1. The fourth-order valence-corrected chi connectivity index (χ4v) is 4.66. The summed E-state index contributed by atoms with van der Waals surface area (Å²) in [4.78, 5) is 38.3. The molecule has 3 amide bonds. The quantitative estimate of drug-likeness (QED) is 0.270.